The van der Waals surface area contributed by atoms with Crippen LogP contribution < -0.4 is 0 Å². The van der Waals surface area contributed by atoms with Gasteiger partial charge in [0.1, 0.15) is 0 Å². The summed E-state index contributed by atoms with van der Waals surface area (Å²) in [5, 5.41) is 8.60. The van der Waals surface area contributed by atoms with Crippen molar-refractivity contribution in [3.63, 3.8) is 0 Å². The van der Waals surface area contributed by atoms with Gasteiger partial charge in [0.2, 0.25) is 11.8 Å². The van der Waals surface area contributed by atoms with Gasteiger partial charge < -0.3 is 4.42 Å². The molecule has 0 saturated carbocycles. The molecular weight excluding hydrogens is 332 g/mol. The minimum Gasteiger partial charge on any atom is -0.421 e. The molecule has 3 heteroatoms. The fraction of sp³-hybridized carbons (Fsp3) is 0.417. The largest absolute Gasteiger partial charge is 0.421 e. The van der Waals surface area contributed by atoms with Crippen LogP contribution in [0.15, 0.2) is 52.9 Å². The summed E-state index contributed by atoms with van der Waals surface area (Å²) in [5.74, 6) is 1.29. The second kappa shape index (κ2) is 7.30. The van der Waals surface area contributed by atoms with Crippen LogP contribution in [-0.2, 0) is 23.7 Å². The Morgan fingerprint density at radius 1 is 0.741 bits per heavy atom. The van der Waals surface area contributed by atoms with Crippen LogP contribution >= 0.6 is 0 Å². The number of benzene rings is 2. The Balaban J connectivity index is 1.88. The number of hydrogen-bond donors (Lipinski definition) is 0. The van der Waals surface area contributed by atoms with E-state index < -0.39 is 0 Å². The molecule has 3 aromatic rings. The molecule has 0 saturated heterocycles. The van der Waals surface area contributed by atoms with Crippen molar-refractivity contribution in [2.45, 2.75) is 65.2 Å². The SMILES string of the molecule is CC(C)(C)c1cc(-c2nnc(CCc3ccccc3)o2)cc(C(C)(C)C)c1. The minimum absolute atomic E-state index is 0.0617. The van der Waals surface area contributed by atoms with Crippen molar-refractivity contribution in [1.82, 2.24) is 10.2 Å². The lowest BCUT2D eigenvalue weighted by molar-refractivity contribution is 0.504. The summed E-state index contributed by atoms with van der Waals surface area (Å²) in [4.78, 5) is 0. The van der Waals surface area contributed by atoms with Gasteiger partial charge in [-0.15, -0.1) is 10.2 Å². The van der Waals surface area contributed by atoms with E-state index in [-0.39, 0.29) is 10.8 Å². The molecule has 3 rings (SSSR count). The van der Waals surface area contributed by atoms with Gasteiger partial charge in [0, 0.05) is 12.0 Å². The highest BCUT2D eigenvalue weighted by Gasteiger charge is 2.22. The smallest absolute Gasteiger partial charge is 0.247 e. The lowest BCUT2D eigenvalue weighted by atomic mass is 9.79. The Hall–Kier alpha value is -2.42. The van der Waals surface area contributed by atoms with E-state index in [2.05, 4.69) is 94.2 Å². The number of nitrogens with zero attached hydrogens (tertiary/aromatic N) is 2. The van der Waals surface area contributed by atoms with E-state index in [0.29, 0.717) is 11.8 Å². The number of rotatable bonds is 4. The molecule has 0 spiro atoms. The van der Waals surface area contributed by atoms with Crippen LogP contribution in [0.3, 0.4) is 0 Å². The molecule has 0 bridgehead atoms. The fourth-order valence-electron chi connectivity index (χ4n) is 2.98. The molecular formula is C24H30N2O. The molecule has 3 nitrogen and oxygen atoms in total. The molecule has 0 amide bonds. The number of aryl methyl sites for hydroxylation is 2. The van der Waals surface area contributed by atoms with Crippen LogP contribution in [-0.4, -0.2) is 10.2 Å². The third-order valence-corrected chi connectivity index (χ3v) is 4.85. The molecule has 2 aromatic carbocycles. The molecule has 1 aromatic heterocycles. The van der Waals surface area contributed by atoms with Crippen molar-refractivity contribution >= 4 is 0 Å². The van der Waals surface area contributed by atoms with Crippen LogP contribution in [0.25, 0.3) is 11.5 Å². The van der Waals surface area contributed by atoms with Gasteiger partial charge in [-0.25, -0.2) is 0 Å². The lowest BCUT2D eigenvalue weighted by Crippen LogP contribution is -2.16. The third kappa shape index (κ3) is 4.85. The van der Waals surface area contributed by atoms with Gasteiger partial charge in [-0.1, -0.05) is 77.9 Å². The third-order valence-electron chi connectivity index (χ3n) is 4.85. The zero-order valence-electron chi connectivity index (χ0n) is 17.3. The van der Waals surface area contributed by atoms with E-state index in [1.54, 1.807) is 0 Å². The molecule has 0 radical (unpaired) electrons. The Morgan fingerprint density at radius 2 is 1.33 bits per heavy atom. The molecule has 0 fully saturated rings. The first kappa shape index (κ1) is 19.3. The van der Waals surface area contributed by atoms with Crippen molar-refractivity contribution in [3.05, 3.63) is 71.1 Å². The highest BCUT2D eigenvalue weighted by molar-refractivity contribution is 5.57. The summed E-state index contributed by atoms with van der Waals surface area (Å²) in [7, 11) is 0. The zero-order valence-corrected chi connectivity index (χ0v) is 17.3. The lowest BCUT2D eigenvalue weighted by Gasteiger charge is -2.25. The topological polar surface area (TPSA) is 38.9 Å². The maximum absolute atomic E-state index is 6.00. The number of aromatic nitrogens is 2. The van der Waals surface area contributed by atoms with Crippen LogP contribution in [0.5, 0.6) is 0 Å². The molecule has 0 unspecified atom stereocenters. The van der Waals surface area contributed by atoms with E-state index in [1.807, 2.05) is 6.07 Å². The standard InChI is InChI=1S/C24H30N2O/c1-23(2,3)19-14-18(15-20(16-19)24(4,5)6)22-26-25-21(27-22)13-12-17-10-8-7-9-11-17/h7-11,14-16H,12-13H2,1-6H3. The average molecular weight is 363 g/mol. The predicted molar refractivity (Wildman–Crippen MR) is 111 cm³/mol. The first-order valence-electron chi connectivity index (χ1n) is 9.66. The molecule has 1 heterocycles. The van der Waals surface area contributed by atoms with E-state index in [9.17, 15) is 0 Å². The molecule has 0 aliphatic rings. The monoisotopic (exact) mass is 362 g/mol. The van der Waals surface area contributed by atoms with Gasteiger partial charge in [-0.2, -0.15) is 0 Å². The van der Waals surface area contributed by atoms with Crippen molar-refractivity contribution < 1.29 is 4.42 Å². The summed E-state index contributed by atoms with van der Waals surface area (Å²) in [6.45, 7) is 13.4. The van der Waals surface area contributed by atoms with Crippen molar-refractivity contribution in [1.29, 1.82) is 0 Å². The van der Waals surface area contributed by atoms with Gasteiger partial charge in [0.05, 0.1) is 0 Å². The Labute approximate surface area is 162 Å². The molecule has 0 aliphatic carbocycles. The molecule has 0 N–H and O–H groups in total. The summed E-state index contributed by atoms with van der Waals surface area (Å²) < 4.78 is 6.00. The Morgan fingerprint density at radius 3 is 1.89 bits per heavy atom. The molecule has 142 valence electrons. The Bertz CT molecular complexity index is 864. The van der Waals surface area contributed by atoms with Crippen LogP contribution in [0.4, 0.5) is 0 Å². The molecule has 0 atom stereocenters. The maximum atomic E-state index is 6.00. The fourth-order valence-corrected chi connectivity index (χ4v) is 2.98. The van der Waals surface area contributed by atoms with E-state index in [0.717, 1.165) is 18.4 Å². The van der Waals surface area contributed by atoms with Gasteiger partial charge in [0.25, 0.3) is 0 Å². The van der Waals surface area contributed by atoms with E-state index in [1.165, 1.54) is 16.7 Å². The first-order valence-corrected chi connectivity index (χ1v) is 9.66. The van der Waals surface area contributed by atoms with E-state index >= 15 is 0 Å². The second-order valence-corrected chi connectivity index (χ2v) is 9.29. The van der Waals surface area contributed by atoms with Gasteiger partial charge in [-0.3, -0.25) is 0 Å². The highest BCUT2D eigenvalue weighted by atomic mass is 16.4. The first-order chi connectivity index (χ1) is 12.6. The van der Waals surface area contributed by atoms with Crippen molar-refractivity contribution in [2.75, 3.05) is 0 Å². The van der Waals surface area contributed by atoms with Gasteiger partial charge in [-0.05, 0) is 46.1 Å². The minimum atomic E-state index is 0.0617. The highest BCUT2D eigenvalue weighted by Crippen LogP contribution is 2.33. The summed E-state index contributed by atoms with van der Waals surface area (Å²) >= 11 is 0. The van der Waals surface area contributed by atoms with Gasteiger partial charge >= 0.3 is 0 Å². The predicted octanol–water partition coefficient (Wildman–Crippen LogP) is 6.12. The van der Waals surface area contributed by atoms with Crippen LogP contribution in [0.2, 0.25) is 0 Å². The average Bonchev–Trinajstić information content (AvgIpc) is 3.08. The normalized spacial score (nSPS) is 12.4. The molecule has 27 heavy (non-hydrogen) atoms. The summed E-state index contributed by atoms with van der Waals surface area (Å²) in [6.07, 6.45) is 1.65. The quantitative estimate of drug-likeness (QED) is 0.561. The van der Waals surface area contributed by atoms with Crippen molar-refractivity contribution in [2.24, 2.45) is 0 Å². The zero-order chi connectivity index (χ0) is 19.7. The van der Waals surface area contributed by atoms with E-state index in [4.69, 9.17) is 4.42 Å². The van der Waals surface area contributed by atoms with Crippen molar-refractivity contribution in [3.8, 4) is 11.5 Å². The van der Waals surface area contributed by atoms with Gasteiger partial charge in [0.15, 0.2) is 0 Å². The summed E-state index contributed by atoms with van der Waals surface area (Å²) in [5.41, 5.74) is 4.98. The van der Waals surface area contributed by atoms with Crippen LogP contribution in [0.1, 0.15) is 64.1 Å². The molecule has 0 aliphatic heterocycles. The number of hydrogen-bond acceptors (Lipinski definition) is 3. The second-order valence-electron chi connectivity index (χ2n) is 9.29. The Kier molecular flexibility index (Phi) is 5.23. The van der Waals surface area contributed by atoms with Crippen LogP contribution in [0, 0.1) is 0 Å². The maximum Gasteiger partial charge on any atom is 0.247 e. The summed E-state index contributed by atoms with van der Waals surface area (Å²) in [6, 6.07) is 17.1.